The van der Waals surface area contributed by atoms with Gasteiger partial charge in [-0.05, 0) is 18.9 Å². The van der Waals surface area contributed by atoms with Gasteiger partial charge in [0.25, 0.3) is 0 Å². The summed E-state index contributed by atoms with van der Waals surface area (Å²) in [6.45, 7) is 3.17. The molecule has 3 heteroatoms. The first-order valence-electron chi connectivity index (χ1n) is 6.33. The second kappa shape index (κ2) is 4.31. The average Bonchev–Trinajstić information content (AvgIpc) is 2.99. The zero-order valence-electron chi connectivity index (χ0n) is 10.0. The minimum Gasteiger partial charge on any atom is -0.493 e. The van der Waals surface area contributed by atoms with Crippen LogP contribution in [-0.4, -0.2) is 26.4 Å². The van der Waals surface area contributed by atoms with Gasteiger partial charge in [-0.3, -0.25) is 0 Å². The number of fused-ring (bicyclic) bond motifs is 1. The van der Waals surface area contributed by atoms with Crippen LogP contribution in [0.3, 0.4) is 0 Å². The van der Waals surface area contributed by atoms with Crippen LogP contribution in [0.25, 0.3) is 0 Å². The van der Waals surface area contributed by atoms with Crippen LogP contribution in [0.4, 0.5) is 0 Å². The van der Waals surface area contributed by atoms with Gasteiger partial charge >= 0.3 is 0 Å². The zero-order valence-corrected chi connectivity index (χ0v) is 10.0. The molecule has 1 aromatic carbocycles. The highest BCUT2D eigenvalue weighted by Gasteiger charge is 2.38. The summed E-state index contributed by atoms with van der Waals surface area (Å²) >= 11 is 0. The number of para-hydroxylation sites is 1. The average molecular weight is 233 g/mol. The first-order valence-corrected chi connectivity index (χ1v) is 6.33. The second-order valence-electron chi connectivity index (χ2n) is 5.26. The van der Waals surface area contributed by atoms with E-state index in [9.17, 15) is 0 Å². The van der Waals surface area contributed by atoms with E-state index in [0.29, 0.717) is 12.5 Å². The molecule has 0 spiro atoms. The lowest BCUT2D eigenvalue weighted by atomic mass is 9.77. The number of ether oxygens (including phenoxy) is 2. The molecule has 2 atom stereocenters. The quantitative estimate of drug-likeness (QED) is 0.867. The fraction of sp³-hybridized carbons (Fsp3) is 0.571. The van der Waals surface area contributed by atoms with Crippen molar-refractivity contribution in [2.45, 2.75) is 18.8 Å². The van der Waals surface area contributed by atoms with E-state index in [0.717, 1.165) is 38.4 Å². The molecule has 0 saturated carbocycles. The third-order valence-electron chi connectivity index (χ3n) is 4.10. The maximum absolute atomic E-state index is 5.95. The Balaban J connectivity index is 1.79. The molecule has 2 aliphatic rings. The third-order valence-corrected chi connectivity index (χ3v) is 4.10. The van der Waals surface area contributed by atoms with E-state index in [1.54, 1.807) is 0 Å². The summed E-state index contributed by atoms with van der Waals surface area (Å²) in [7, 11) is 0. The van der Waals surface area contributed by atoms with Crippen molar-refractivity contribution in [2.75, 3.05) is 26.4 Å². The Morgan fingerprint density at radius 3 is 3.00 bits per heavy atom. The standard InChI is InChI=1S/C14H19NO2/c15-9-14(5-6-16-10-14)7-11-8-17-13-4-2-1-3-12(11)13/h1-4,11H,5-10,15H2. The molecular weight excluding hydrogens is 214 g/mol. The molecule has 0 aromatic heterocycles. The van der Waals surface area contributed by atoms with Crippen LogP contribution in [0.2, 0.25) is 0 Å². The molecule has 1 saturated heterocycles. The van der Waals surface area contributed by atoms with Crippen molar-refractivity contribution in [3.63, 3.8) is 0 Å². The SMILES string of the molecule is NCC1(CC2COc3ccccc32)CCOC1. The molecule has 3 nitrogen and oxygen atoms in total. The summed E-state index contributed by atoms with van der Waals surface area (Å²) in [5.41, 5.74) is 7.46. The molecule has 2 N–H and O–H groups in total. The van der Waals surface area contributed by atoms with E-state index in [1.807, 2.05) is 6.07 Å². The fourth-order valence-corrected chi connectivity index (χ4v) is 2.98. The van der Waals surface area contributed by atoms with Gasteiger partial charge in [0.05, 0.1) is 13.2 Å². The van der Waals surface area contributed by atoms with Crippen molar-refractivity contribution in [1.82, 2.24) is 0 Å². The number of nitrogens with two attached hydrogens (primary N) is 1. The van der Waals surface area contributed by atoms with Crippen LogP contribution < -0.4 is 10.5 Å². The highest BCUT2D eigenvalue weighted by Crippen LogP contribution is 2.43. The van der Waals surface area contributed by atoms with Crippen molar-refractivity contribution < 1.29 is 9.47 Å². The Bertz CT molecular complexity index is 399. The topological polar surface area (TPSA) is 44.5 Å². The minimum atomic E-state index is 0.172. The molecule has 92 valence electrons. The normalized spacial score (nSPS) is 31.2. The lowest BCUT2D eigenvalue weighted by molar-refractivity contribution is 0.141. The molecule has 1 aromatic rings. The van der Waals surface area contributed by atoms with Crippen LogP contribution in [0.5, 0.6) is 5.75 Å². The van der Waals surface area contributed by atoms with Crippen LogP contribution in [-0.2, 0) is 4.74 Å². The van der Waals surface area contributed by atoms with E-state index in [4.69, 9.17) is 15.2 Å². The molecule has 0 amide bonds. The van der Waals surface area contributed by atoms with Crippen molar-refractivity contribution in [3.8, 4) is 5.75 Å². The summed E-state index contributed by atoms with van der Waals surface area (Å²) in [5, 5.41) is 0. The van der Waals surface area contributed by atoms with E-state index in [2.05, 4.69) is 18.2 Å². The number of hydrogen-bond donors (Lipinski definition) is 1. The van der Waals surface area contributed by atoms with Gasteiger partial charge in [-0.1, -0.05) is 18.2 Å². The van der Waals surface area contributed by atoms with Crippen LogP contribution in [0.1, 0.15) is 24.3 Å². The van der Waals surface area contributed by atoms with Gasteiger partial charge < -0.3 is 15.2 Å². The van der Waals surface area contributed by atoms with Gasteiger partial charge in [-0.2, -0.15) is 0 Å². The maximum Gasteiger partial charge on any atom is 0.122 e. The first kappa shape index (κ1) is 11.1. The lowest BCUT2D eigenvalue weighted by Crippen LogP contribution is -2.33. The number of hydrogen-bond acceptors (Lipinski definition) is 3. The molecule has 0 radical (unpaired) electrons. The van der Waals surface area contributed by atoms with Crippen LogP contribution >= 0.6 is 0 Å². The number of rotatable bonds is 3. The van der Waals surface area contributed by atoms with Crippen molar-refractivity contribution in [1.29, 1.82) is 0 Å². The summed E-state index contributed by atoms with van der Waals surface area (Å²) in [5.74, 6) is 1.53. The molecule has 2 aliphatic heterocycles. The Kier molecular flexibility index (Phi) is 2.81. The van der Waals surface area contributed by atoms with E-state index >= 15 is 0 Å². The van der Waals surface area contributed by atoms with Crippen molar-refractivity contribution >= 4 is 0 Å². The highest BCUT2D eigenvalue weighted by atomic mass is 16.5. The summed E-state index contributed by atoms with van der Waals surface area (Å²) < 4.78 is 11.3. The molecule has 0 bridgehead atoms. The van der Waals surface area contributed by atoms with Crippen molar-refractivity contribution in [3.05, 3.63) is 29.8 Å². The zero-order chi connectivity index (χ0) is 11.7. The molecule has 17 heavy (non-hydrogen) atoms. The van der Waals surface area contributed by atoms with Gasteiger partial charge in [0, 0.05) is 30.0 Å². The van der Waals surface area contributed by atoms with Gasteiger partial charge in [-0.15, -0.1) is 0 Å². The molecule has 2 heterocycles. The molecule has 3 rings (SSSR count). The smallest absolute Gasteiger partial charge is 0.122 e. The predicted molar refractivity (Wildman–Crippen MR) is 66.2 cm³/mol. The number of benzene rings is 1. The fourth-order valence-electron chi connectivity index (χ4n) is 2.98. The van der Waals surface area contributed by atoms with Crippen molar-refractivity contribution in [2.24, 2.45) is 11.1 Å². The van der Waals surface area contributed by atoms with E-state index < -0.39 is 0 Å². The maximum atomic E-state index is 5.95. The summed E-state index contributed by atoms with van der Waals surface area (Å²) in [6, 6.07) is 8.34. The van der Waals surface area contributed by atoms with Crippen LogP contribution in [0.15, 0.2) is 24.3 Å². The molecule has 2 unspecified atom stereocenters. The lowest BCUT2D eigenvalue weighted by Gasteiger charge is -2.28. The first-order chi connectivity index (χ1) is 8.33. The molecular formula is C14H19NO2. The Hall–Kier alpha value is -1.06. The molecule has 1 fully saturated rings. The summed E-state index contributed by atoms with van der Waals surface area (Å²) in [4.78, 5) is 0. The van der Waals surface area contributed by atoms with Crippen LogP contribution in [0, 0.1) is 5.41 Å². The Labute approximate surface area is 102 Å². The Morgan fingerprint density at radius 2 is 2.24 bits per heavy atom. The third kappa shape index (κ3) is 1.94. The van der Waals surface area contributed by atoms with E-state index in [-0.39, 0.29) is 5.41 Å². The van der Waals surface area contributed by atoms with Gasteiger partial charge in [-0.25, -0.2) is 0 Å². The molecule has 0 aliphatic carbocycles. The monoisotopic (exact) mass is 233 g/mol. The van der Waals surface area contributed by atoms with E-state index in [1.165, 1.54) is 5.56 Å². The second-order valence-corrected chi connectivity index (χ2v) is 5.26. The highest BCUT2D eigenvalue weighted by molar-refractivity contribution is 5.39. The largest absolute Gasteiger partial charge is 0.493 e. The van der Waals surface area contributed by atoms with Gasteiger partial charge in [0.2, 0.25) is 0 Å². The summed E-state index contributed by atoms with van der Waals surface area (Å²) in [6.07, 6.45) is 2.17. The van der Waals surface area contributed by atoms with Gasteiger partial charge in [0.1, 0.15) is 5.75 Å². The van der Waals surface area contributed by atoms with Gasteiger partial charge in [0.15, 0.2) is 0 Å². The predicted octanol–water partition coefficient (Wildman–Crippen LogP) is 1.92. The minimum absolute atomic E-state index is 0.172. The Morgan fingerprint density at radius 1 is 1.35 bits per heavy atom.